The van der Waals surface area contributed by atoms with Gasteiger partial charge < -0.3 is 9.47 Å². The van der Waals surface area contributed by atoms with Crippen LogP contribution in [0.1, 0.15) is 17.2 Å². The first-order chi connectivity index (χ1) is 16.8. The van der Waals surface area contributed by atoms with Crippen molar-refractivity contribution in [3.8, 4) is 11.4 Å². The van der Waals surface area contributed by atoms with Crippen molar-refractivity contribution in [2.45, 2.75) is 12.6 Å². The lowest BCUT2D eigenvalue weighted by atomic mass is 9.94. The molecule has 3 heterocycles. The van der Waals surface area contributed by atoms with Crippen molar-refractivity contribution in [1.29, 1.82) is 0 Å². The Morgan fingerprint density at radius 3 is 2.03 bits per heavy atom. The third kappa shape index (κ3) is 5.42. The number of morpholine rings is 2. The lowest BCUT2D eigenvalue weighted by Gasteiger charge is -2.31. The second-order valence-electron chi connectivity index (χ2n) is 8.74. The fourth-order valence-corrected chi connectivity index (χ4v) is 4.52. The Morgan fingerprint density at radius 1 is 0.794 bits per heavy atom. The largest absolute Gasteiger partial charge is 0.379 e. The molecule has 2 saturated heterocycles. The van der Waals surface area contributed by atoms with Crippen LogP contribution in [0.3, 0.4) is 0 Å². The number of aromatic nitrogens is 3. The second-order valence-corrected chi connectivity index (χ2v) is 8.74. The minimum absolute atomic E-state index is 0.131. The number of hydrogen-bond acceptors (Lipinski definition) is 7. The topological polar surface area (TPSA) is 72.7 Å². The Kier molecular flexibility index (Phi) is 7.40. The minimum Gasteiger partial charge on any atom is -0.379 e. The van der Waals surface area contributed by atoms with Crippen molar-refractivity contribution in [1.82, 2.24) is 24.6 Å². The molecule has 2 aliphatic rings. The van der Waals surface area contributed by atoms with E-state index in [1.165, 1.54) is 0 Å². The van der Waals surface area contributed by atoms with E-state index < -0.39 is 0 Å². The van der Waals surface area contributed by atoms with Crippen LogP contribution in [0.15, 0.2) is 65.5 Å². The first-order valence-corrected chi connectivity index (χ1v) is 12.0. The van der Waals surface area contributed by atoms with Crippen LogP contribution in [0.2, 0.25) is 0 Å². The van der Waals surface area contributed by atoms with Gasteiger partial charge in [0.05, 0.1) is 33.1 Å². The Labute approximate surface area is 199 Å². The summed E-state index contributed by atoms with van der Waals surface area (Å²) in [6.45, 7) is 7.16. The van der Waals surface area contributed by atoms with E-state index in [4.69, 9.17) is 19.6 Å². The number of benzene rings is 2. The lowest BCUT2D eigenvalue weighted by molar-refractivity contribution is 0.0202. The number of nitrogens with zero attached hydrogens (tertiary/aromatic N) is 5. The van der Waals surface area contributed by atoms with Crippen molar-refractivity contribution >= 4 is 0 Å². The van der Waals surface area contributed by atoms with Crippen molar-refractivity contribution < 1.29 is 9.47 Å². The molecule has 8 nitrogen and oxygen atoms in total. The van der Waals surface area contributed by atoms with Gasteiger partial charge in [0.2, 0.25) is 0 Å². The zero-order chi connectivity index (χ0) is 23.2. The molecule has 0 unspecified atom stereocenters. The third-order valence-corrected chi connectivity index (χ3v) is 6.44. The predicted octanol–water partition coefficient (Wildman–Crippen LogP) is 2.06. The van der Waals surface area contributed by atoms with Crippen molar-refractivity contribution in [3.05, 3.63) is 82.3 Å². The second kappa shape index (κ2) is 11.0. The molecular formula is C26H31N5O3. The molecule has 2 aliphatic heterocycles. The molecule has 2 aromatic carbocycles. The van der Waals surface area contributed by atoms with Crippen molar-refractivity contribution in [2.24, 2.45) is 0 Å². The molecule has 0 spiro atoms. The maximum absolute atomic E-state index is 13.8. The maximum atomic E-state index is 13.8. The average molecular weight is 462 g/mol. The fourth-order valence-electron chi connectivity index (χ4n) is 4.52. The van der Waals surface area contributed by atoms with Gasteiger partial charge in [0.25, 0.3) is 5.56 Å². The quantitative estimate of drug-likeness (QED) is 0.533. The SMILES string of the molecule is O=c1c([C@H](CN2CCOCC2)c2ccccc2)nc(-c2ccccc2)nn1CN1CCOCC1. The number of rotatable bonds is 7. The molecule has 34 heavy (non-hydrogen) atoms. The molecule has 178 valence electrons. The van der Waals surface area contributed by atoms with Crippen molar-refractivity contribution in [3.63, 3.8) is 0 Å². The standard InChI is InChI=1S/C26H31N5O3/c32-26-24(23(21-7-3-1-4-8-21)19-29-11-15-33-16-12-29)27-25(22-9-5-2-6-10-22)28-31(26)20-30-13-17-34-18-14-30/h1-10,23H,11-20H2/t23-/m1/s1. The molecule has 0 amide bonds. The van der Waals surface area contributed by atoms with E-state index in [0.29, 0.717) is 51.2 Å². The monoisotopic (exact) mass is 461 g/mol. The van der Waals surface area contributed by atoms with Gasteiger partial charge >= 0.3 is 0 Å². The molecule has 0 radical (unpaired) electrons. The Hall–Kier alpha value is -2.91. The van der Waals surface area contributed by atoms with Gasteiger partial charge in [0.1, 0.15) is 5.69 Å². The summed E-state index contributed by atoms with van der Waals surface area (Å²) in [5.74, 6) is 0.416. The highest BCUT2D eigenvalue weighted by Gasteiger charge is 2.26. The summed E-state index contributed by atoms with van der Waals surface area (Å²) in [7, 11) is 0. The molecule has 2 fully saturated rings. The maximum Gasteiger partial charge on any atom is 0.290 e. The summed E-state index contributed by atoms with van der Waals surface area (Å²) in [6, 6.07) is 20.1. The summed E-state index contributed by atoms with van der Waals surface area (Å²) in [6.07, 6.45) is 0. The summed E-state index contributed by atoms with van der Waals surface area (Å²) >= 11 is 0. The van der Waals surface area contributed by atoms with Gasteiger partial charge in [-0.1, -0.05) is 60.7 Å². The Morgan fingerprint density at radius 2 is 1.38 bits per heavy atom. The Bertz CT molecular complexity index is 1110. The highest BCUT2D eigenvalue weighted by atomic mass is 16.5. The van der Waals surface area contributed by atoms with E-state index in [0.717, 1.165) is 37.3 Å². The summed E-state index contributed by atoms with van der Waals surface area (Å²) < 4.78 is 12.6. The molecule has 0 saturated carbocycles. The van der Waals surface area contributed by atoms with Gasteiger partial charge in [-0.25, -0.2) is 9.67 Å². The van der Waals surface area contributed by atoms with E-state index >= 15 is 0 Å². The highest BCUT2D eigenvalue weighted by molar-refractivity contribution is 5.54. The van der Waals surface area contributed by atoms with Gasteiger partial charge in [0, 0.05) is 44.2 Å². The minimum atomic E-state index is -0.159. The normalized spacial score (nSPS) is 18.6. The third-order valence-electron chi connectivity index (χ3n) is 6.44. The molecule has 8 heteroatoms. The molecule has 5 rings (SSSR count). The first kappa shape index (κ1) is 22.9. The molecule has 3 aromatic rings. The van der Waals surface area contributed by atoms with E-state index in [-0.39, 0.29) is 11.5 Å². The summed E-state index contributed by atoms with van der Waals surface area (Å²) in [4.78, 5) is 23.3. The number of hydrogen-bond donors (Lipinski definition) is 0. The van der Waals surface area contributed by atoms with E-state index in [1.54, 1.807) is 4.68 Å². The van der Waals surface area contributed by atoms with Gasteiger partial charge in [0.15, 0.2) is 5.82 Å². The van der Waals surface area contributed by atoms with Crippen LogP contribution in [-0.2, 0) is 16.1 Å². The van der Waals surface area contributed by atoms with Crippen LogP contribution in [0.5, 0.6) is 0 Å². The Balaban J connectivity index is 1.58. The van der Waals surface area contributed by atoms with Crippen molar-refractivity contribution in [2.75, 3.05) is 59.2 Å². The molecule has 0 N–H and O–H groups in total. The van der Waals surface area contributed by atoms with Crippen LogP contribution in [0.25, 0.3) is 11.4 Å². The van der Waals surface area contributed by atoms with E-state index in [2.05, 4.69) is 21.9 Å². The first-order valence-electron chi connectivity index (χ1n) is 12.0. The summed E-state index contributed by atoms with van der Waals surface area (Å²) in [5, 5.41) is 4.70. The molecule has 1 atom stereocenters. The van der Waals surface area contributed by atoms with Crippen LogP contribution >= 0.6 is 0 Å². The van der Waals surface area contributed by atoms with Gasteiger partial charge in [-0.2, -0.15) is 0 Å². The van der Waals surface area contributed by atoms with Crippen LogP contribution in [-0.4, -0.2) is 83.7 Å². The zero-order valence-electron chi connectivity index (χ0n) is 19.4. The number of ether oxygens (including phenoxy) is 2. The predicted molar refractivity (Wildman–Crippen MR) is 130 cm³/mol. The van der Waals surface area contributed by atoms with E-state index in [9.17, 15) is 4.79 Å². The van der Waals surface area contributed by atoms with Crippen LogP contribution in [0, 0.1) is 0 Å². The van der Waals surface area contributed by atoms with E-state index in [1.807, 2.05) is 48.5 Å². The van der Waals surface area contributed by atoms with Gasteiger partial charge in [-0.15, -0.1) is 5.10 Å². The molecule has 0 bridgehead atoms. The zero-order valence-corrected chi connectivity index (χ0v) is 19.4. The molecule has 1 aromatic heterocycles. The molecule has 0 aliphatic carbocycles. The highest BCUT2D eigenvalue weighted by Crippen LogP contribution is 2.24. The smallest absolute Gasteiger partial charge is 0.290 e. The van der Waals surface area contributed by atoms with Gasteiger partial charge in [-0.3, -0.25) is 14.6 Å². The van der Waals surface area contributed by atoms with Crippen LogP contribution < -0.4 is 5.56 Å². The van der Waals surface area contributed by atoms with Gasteiger partial charge in [-0.05, 0) is 5.56 Å². The average Bonchev–Trinajstić information content (AvgIpc) is 2.91. The lowest BCUT2D eigenvalue weighted by Crippen LogP contribution is -2.43. The van der Waals surface area contributed by atoms with Crippen LogP contribution in [0.4, 0.5) is 0 Å². The summed E-state index contributed by atoms with van der Waals surface area (Å²) in [5.41, 5.74) is 2.40. The molecular weight excluding hydrogens is 430 g/mol. The fraction of sp³-hybridized carbons (Fsp3) is 0.423.